The van der Waals surface area contributed by atoms with Gasteiger partial charge >= 0.3 is 12.0 Å². The van der Waals surface area contributed by atoms with E-state index in [1.54, 1.807) is 4.90 Å². The number of nitrogens with one attached hydrogen (secondary N) is 2. The van der Waals surface area contributed by atoms with Crippen LogP contribution in [0.2, 0.25) is 0 Å². The summed E-state index contributed by atoms with van der Waals surface area (Å²) < 4.78 is 4.96. The largest absolute Gasteiger partial charge is 0.466 e. The lowest BCUT2D eigenvalue weighted by Crippen LogP contribution is -2.56. The molecular weight excluding hydrogens is 444 g/mol. The molecule has 1 aromatic carbocycles. The lowest BCUT2D eigenvalue weighted by molar-refractivity contribution is -0.151. The van der Waals surface area contributed by atoms with Gasteiger partial charge in [-0.2, -0.15) is 0 Å². The summed E-state index contributed by atoms with van der Waals surface area (Å²) in [5.74, 6) is -1.20. The Labute approximate surface area is 195 Å². The topological polar surface area (TPSA) is 108 Å². The third kappa shape index (κ3) is 5.12. The molecule has 1 atom stereocenters. The highest BCUT2D eigenvalue weighted by Crippen LogP contribution is 2.31. The van der Waals surface area contributed by atoms with E-state index in [-0.39, 0.29) is 37.0 Å². The second kappa shape index (κ2) is 9.97. The van der Waals surface area contributed by atoms with Gasteiger partial charge in [-0.3, -0.25) is 19.4 Å². The quantitative estimate of drug-likeness (QED) is 0.470. The monoisotopic (exact) mass is 468 g/mol. The van der Waals surface area contributed by atoms with Gasteiger partial charge in [0.05, 0.1) is 31.8 Å². The van der Waals surface area contributed by atoms with Crippen LogP contribution in [0.15, 0.2) is 59.1 Å². The van der Waals surface area contributed by atoms with Gasteiger partial charge in [0.2, 0.25) is 11.8 Å². The van der Waals surface area contributed by atoms with E-state index in [9.17, 15) is 19.2 Å². The molecule has 2 aromatic rings. The first-order chi connectivity index (χ1) is 16.0. The molecule has 1 fully saturated rings. The summed E-state index contributed by atoms with van der Waals surface area (Å²) in [5, 5.41) is 7.26. The minimum Gasteiger partial charge on any atom is -0.466 e. The molecule has 2 aliphatic rings. The number of rotatable bonds is 7. The number of hydrogen-bond donors (Lipinski definition) is 2. The Bertz CT molecular complexity index is 1070. The molecule has 2 aliphatic heterocycles. The molecule has 1 aromatic heterocycles. The summed E-state index contributed by atoms with van der Waals surface area (Å²) in [4.78, 5) is 54.0. The molecule has 2 N–H and O–H groups in total. The Balaban J connectivity index is 1.50. The fraction of sp³-hybridized carbons (Fsp3) is 0.304. The molecule has 172 valence electrons. The van der Waals surface area contributed by atoms with Crippen LogP contribution < -0.4 is 10.6 Å². The summed E-state index contributed by atoms with van der Waals surface area (Å²) in [7, 11) is 1.27. The molecule has 3 heterocycles. The van der Waals surface area contributed by atoms with Gasteiger partial charge in [0.15, 0.2) is 0 Å². The number of carbonyl (C=O) groups excluding carboxylic acids is 4. The second-order valence-corrected chi connectivity index (χ2v) is 8.73. The number of urea groups is 1. The molecule has 0 saturated carbocycles. The molecule has 4 rings (SSSR count). The van der Waals surface area contributed by atoms with Crippen LogP contribution in [0.25, 0.3) is 0 Å². The summed E-state index contributed by atoms with van der Waals surface area (Å²) in [6.07, 6.45) is 0.584. The van der Waals surface area contributed by atoms with Crippen LogP contribution in [0.5, 0.6) is 0 Å². The first kappa shape index (κ1) is 22.7. The smallest absolute Gasteiger partial charge is 0.338 e. The van der Waals surface area contributed by atoms with Crippen molar-refractivity contribution in [2.24, 2.45) is 0 Å². The van der Waals surface area contributed by atoms with Crippen molar-refractivity contribution in [3.63, 3.8) is 0 Å². The van der Waals surface area contributed by atoms with Crippen LogP contribution in [0.1, 0.15) is 16.5 Å². The van der Waals surface area contributed by atoms with Crippen LogP contribution in [-0.2, 0) is 25.5 Å². The minimum atomic E-state index is -0.667. The number of methoxy groups -OCH3 is 1. The van der Waals surface area contributed by atoms with Crippen molar-refractivity contribution in [1.82, 2.24) is 20.4 Å². The average molecular weight is 469 g/mol. The molecule has 9 nitrogen and oxygen atoms in total. The molecule has 0 spiro atoms. The third-order valence-electron chi connectivity index (χ3n) is 5.56. The molecule has 10 heteroatoms. The number of amides is 4. The van der Waals surface area contributed by atoms with E-state index in [1.165, 1.54) is 23.3 Å². The second-order valence-electron chi connectivity index (χ2n) is 7.75. The summed E-state index contributed by atoms with van der Waals surface area (Å²) >= 11 is 1.40. The third-order valence-corrected chi connectivity index (χ3v) is 6.49. The van der Waals surface area contributed by atoms with E-state index in [4.69, 9.17) is 4.74 Å². The van der Waals surface area contributed by atoms with Gasteiger partial charge in [-0.1, -0.05) is 36.4 Å². The van der Waals surface area contributed by atoms with E-state index < -0.39 is 18.0 Å². The fourth-order valence-corrected chi connectivity index (χ4v) is 4.77. The van der Waals surface area contributed by atoms with Gasteiger partial charge in [-0.25, -0.2) is 9.59 Å². The Morgan fingerprint density at radius 3 is 2.45 bits per heavy atom. The van der Waals surface area contributed by atoms with Crippen LogP contribution in [0, 0.1) is 0 Å². The van der Waals surface area contributed by atoms with Gasteiger partial charge in [0.1, 0.15) is 0 Å². The molecule has 33 heavy (non-hydrogen) atoms. The zero-order valence-corrected chi connectivity index (χ0v) is 18.9. The zero-order valence-electron chi connectivity index (χ0n) is 18.1. The standard InChI is InChI=1S/C23H24N4O5S/c1-32-22(30)20-16(24-23(31)25-21(20)17-8-5-11-33-17)12-26-13-18(28)27(19(29)14-26)10-9-15-6-3-2-4-7-15/h2-8,11,21H,9-10,12-14H2,1H3,(H2,24,25,31)/t21-/m0/s1. The first-order valence-corrected chi connectivity index (χ1v) is 11.4. The predicted molar refractivity (Wildman–Crippen MR) is 121 cm³/mol. The zero-order chi connectivity index (χ0) is 23.4. The molecular formula is C23H24N4O5S. The fourth-order valence-electron chi connectivity index (χ4n) is 3.98. The van der Waals surface area contributed by atoms with E-state index in [2.05, 4.69) is 10.6 Å². The predicted octanol–water partition coefficient (Wildman–Crippen LogP) is 1.44. The Morgan fingerprint density at radius 2 is 1.82 bits per heavy atom. The maximum atomic E-state index is 12.7. The van der Waals surface area contributed by atoms with Crippen LogP contribution in [0.4, 0.5) is 4.79 Å². The van der Waals surface area contributed by atoms with E-state index in [1.807, 2.05) is 47.8 Å². The van der Waals surface area contributed by atoms with Gasteiger partial charge in [-0.15, -0.1) is 11.3 Å². The lowest BCUT2D eigenvalue weighted by atomic mass is 10.0. The number of hydrogen-bond acceptors (Lipinski definition) is 7. The van der Waals surface area contributed by atoms with Crippen molar-refractivity contribution in [3.05, 3.63) is 69.6 Å². The molecule has 0 unspecified atom stereocenters. The first-order valence-electron chi connectivity index (χ1n) is 10.5. The van der Waals surface area contributed by atoms with Crippen molar-refractivity contribution in [2.75, 3.05) is 33.3 Å². The SMILES string of the molecule is COC(=O)C1=C(CN2CC(=O)N(CCc3ccccc3)C(=O)C2)NC(=O)N[C@H]1c1cccs1. The number of esters is 1. The maximum Gasteiger partial charge on any atom is 0.338 e. The van der Waals surface area contributed by atoms with Crippen molar-refractivity contribution in [3.8, 4) is 0 Å². The van der Waals surface area contributed by atoms with E-state index in [0.717, 1.165) is 10.4 Å². The minimum absolute atomic E-state index is 0.00541. The molecule has 1 saturated heterocycles. The van der Waals surface area contributed by atoms with Crippen LogP contribution in [-0.4, -0.2) is 66.9 Å². The van der Waals surface area contributed by atoms with Crippen molar-refractivity contribution >= 4 is 35.2 Å². The Kier molecular flexibility index (Phi) is 6.85. The Hall–Kier alpha value is -3.50. The number of piperazine rings is 1. The van der Waals surface area contributed by atoms with Crippen molar-refractivity contribution < 1.29 is 23.9 Å². The summed E-state index contributed by atoms with van der Waals surface area (Å²) in [6, 6.07) is 12.2. The maximum absolute atomic E-state index is 12.7. The number of ether oxygens (including phenoxy) is 1. The van der Waals surface area contributed by atoms with Gasteiger partial charge in [-0.05, 0) is 23.4 Å². The van der Waals surface area contributed by atoms with Crippen molar-refractivity contribution in [2.45, 2.75) is 12.5 Å². The van der Waals surface area contributed by atoms with Gasteiger partial charge in [0.25, 0.3) is 0 Å². The number of carbonyl (C=O) groups is 4. The summed E-state index contributed by atoms with van der Waals surface area (Å²) in [5.41, 5.74) is 1.62. The molecule has 4 amide bonds. The molecule has 0 bridgehead atoms. The van der Waals surface area contributed by atoms with Crippen LogP contribution >= 0.6 is 11.3 Å². The average Bonchev–Trinajstić information content (AvgIpc) is 3.33. The van der Waals surface area contributed by atoms with Gasteiger partial charge in [0, 0.05) is 23.7 Å². The van der Waals surface area contributed by atoms with E-state index >= 15 is 0 Å². The number of thiophene rings is 1. The number of imide groups is 1. The van der Waals surface area contributed by atoms with Crippen LogP contribution in [0.3, 0.4) is 0 Å². The Morgan fingerprint density at radius 1 is 1.09 bits per heavy atom. The highest BCUT2D eigenvalue weighted by atomic mass is 32.1. The molecule has 0 aliphatic carbocycles. The van der Waals surface area contributed by atoms with Crippen molar-refractivity contribution in [1.29, 1.82) is 0 Å². The lowest BCUT2D eigenvalue weighted by Gasteiger charge is -2.35. The summed E-state index contributed by atoms with van der Waals surface area (Å²) in [6.45, 7) is 0.382. The number of benzene rings is 1. The normalized spacial score (nSPS) is 19.4. The highest BCUT2D eigenvalue weighted by Gasteiger charge is 2.37. The molecule has 0 radical (unpaired) electrons. The van der Waals surface area contributed by atoms with Gasteiger partial charge < -0.3 is 15.4 Å². The number of nitrogens with zero attached hydrogens (tertiary/aromatic N) is 2. The van der Waals surface area contributed by atoms with E-state index in [0.29, 0.717) is 18.7 Å². The highest BCUT2D eigenvalue weighted by molar-refractivity contribution is 7.10.